The topological polar surface area (TPSA) is 71.3 Å². The third-order valence-corrected chi connectivity index (χ3v) is 4.36. The molecule has 0 atom stereocenters. The van der Waals surface area contributed by atoms with Gasteiger partial charge in [0.25, 0.3) is 5.91 Å². The molecule has 2 N–H and O–H groups in total. The fourth-order valence-corrected chi connectivity index (χ4v) is 2.67. The lowest BCUT2D eigenvalue weighted by Crippen LogP contribution is -2.41. The zero-order valence-electron chi connectivity index (χ0n) is 13.8. The van der Waals surface area contributed by atoms with Crippen LogP contribution in [0.4, 0.5) is 4.39 Å². The number of benzene rings is 2. The highest BCUT2D eigenvalue weighted by atomic mass is 32.2. The molecular formula is C19H15FN2O3S. The minimum Gasteiger partial charge on any atom is -0.451 e. The van der Waals surface area contributed by atoms with Crippen LogP contribution in [0.1, 0.15) is 20.9 Å². The van der Waals surface area contributed by atoms with Crippen LogP contribution >= 0.6 is 11.8 Å². The Morgan fingerprint density at radius 1 is 0.923 bits per heavy atom. The fourth-order valence-electron chi connectivity index (χ4n) is 2.26. The Morgan fingerprint density at radius 2 is 1.62 bits per heavy atom. The van der Waals surface area contributed by atoms with Crippen LogP contribution in [0.2, 0.25) is 0 Å². The molecule has 7 heteroatoms. The molecule has 0 saturated heterocycles. The number of hydrogen-bond donors (Lipinski definition) is 2. The first-order chi connectivity index (χ1) is 12.6. The van der Waals surface area contributed by atoms with Gasteiger partial charge in [-0.3, -0.25) is 20.4 Å². The van der Waals surface area contributed by atoms with E-state index in [4.69, 9.17) is 4.42 Å². The molecule has 0 aliphatic heterocycles. The van der Waals surface area contributed by atoms with Gasteiger partial charge in [-0.2, -0.15) is 0 Å². The third kappa shape index (κ3) is 3.94. The van der Waals surface area contributed by atoms with Crippen molar-refractivity contribution in [1.82, 2.24) is 10.9 Å². The van der Waals surface area contributed by atoms with E-state index in [1.807, 2.05) is 30.5 Å². The molecule has 3 aromatic rings. The van der Waals surface area contributed by atoms with Crippen LogP contribution in [-0.2, 0) is 0 Å². The van der Waals surface area contributed by atoms with Gasteiger partial charge in [0.05, 0.1) is 5.56 Å². The number of hydrogen-bond acceptors (Lipinski definition) is 4. The number of hydrazine groups is 1. The van der Waals surface area contributed by atoms with Gasteiger partial charge in [0.1, 0.15) is 11.6 Å². The number of amides is 2. The summed E-state index contributed by atoms with van der Waals surface area (Å²) in [7, 11) is 0. The predicted molar refractivity (Wildman–Crippen MR) is 97.3 cm³/mol. The first-order valence-corrected chi connectivity index (χ1v) is 8.90. The molecule has 1 heterocycles. The van der Waals surface area contributed by atoms with E-state index in [1.54, 1.807) is 17.8 Å². The Morgan fingerprint density at radius 3 is 2.31 bits per heavy atom. The van der Waals surface area contributed by atoms with Crippen LogP contribution in [0.5, 0.6) is 0 Å². The van der Waals surface area contributed by atoms with E-state index < -0.39 is 17.6 Å². The van der Waals surface area contributed by atoms with Crippen LogP contribution in [0.15, 0.2) is 70.0 Å². The maximum absolute atomic E-state index is 13.5. The highest BCUT2D eigenvalue weighted by Crippen LogP contribution is 2.24. The summed E-state index contributed by atoms with van der Waals surface area (Å²) in [5.41, 5.74) is 5.03. The monoisotopic (exact) mass is 370 g/mol. The minimum atomic E-state index is -0.754. The Bertz CT molecular complexity index is 938. The second-order valence-corrected chi connectivity index (χ2v) is 6.16. The first-order valence-electron chi connectivity index (χ1n) is 7.68. The molecule has 0 fully saturated rings. The number of furan rings is 1. The predicted octanol–water partition coefficient (Wildman–Crippen LogP) is 3.88. The largest absolute Gasteiger partial charge is 0.451 e. The van der Waals surface area contributed by atoms with Crippen molar-refractivity contribution in [3.05, 3.63) is 77.8 Å². The molecular weight excluding hydrogens is 355 g/mol. The fraction of sp³-hybridized carbons (Fsp3) is 0.0526. The second-order valence-electron chi connectivity index (χ2n) is 5.28. The van der Waals surface area contributed by atoms with E-state index >= 15 is 0 Å². The molecule has 0 unspecified atom stereocenters. The SMILES string of the molecule is CSc1ccc(-c2ccc(C(=O)NNC(=O)c3ccccc3F)o2)cc1. The zero-order chi connectivity index (χ0) is 18.5. The van der Waals surface area contributed by atoms with E-state index in [2.05, 4.69) is 10.9 Å². The summed E-state index contributed by atoms with van der Waals surface area (Å²) in [5, 5.41) is 0. The number of carbonyl (C=O) groups excluding carboxylic acids is 2. The summed E-state index contributed by atoms with van der Waals surface area (Å²) >= 11 is 1.63. The van der Waals surface area contributed by atoms with Crippen molar-refractivity contribution in [3.8, 4) is 11.3 Å². The van der Waals surface area contributed by atoms with Crippen molar-refractivity contribution in [1.29, 1.82) is 0 Å². The van der Waals surface area contributed by atoms with Crippen LogP contribution < -0.4 is 10.9 Å². The molecule has 0 saturated carbocycles. The Kier molecular flexibility index (Phi) is 5.38. The Balaban J connectivity index is 1.64. The summed E-state index contributed by atoms with van der Waals surface area (Å²) in [4.78, 5) is 25.1. The first kappa shape index (κ1) is 17.8. The average molecular weight is 370 g/mol. The van der Waals surface area contributed by atoms with Gasteiger partial charge < -0.3 is 4.42 Å². The molecule has 1 aromatic heterocycles. The molecule has 3 rings (SSSR count). The smallest absolute Gasteiger partial charge is 0.305 e. The van der Waals surface area contributed by atoms with Gasteiger partial charge in [-0.25, -0.2) is 4.39 Å². The summed E-state index contributed by atoms with van der Waals surface area (Å²) < 4.78 is 19.1. The molecule has 132 valence electrons. The van der Waals surface area contributed by atoms with Gasteiger partial charge in [-0.15, -0.1) is 11.8 Å². The standard InChI is InChI=1S/C19H15FN2O3S/c1-26-13-8-6-12(7-9-13)16-10-11-17(25-16)19(24)22-21-18(23)14-4-2-3-5-15(14)20/h2-11H,1H3,(H,21,23)(H,22,24). The van der Waals surface area contributed by atoms with E-state index in [0.717, 1.165) is 16.5 Å². The molecule has 0 radical (unpaired) electrons. The molecule has 0 spiro atoms. The highest BCUT2D eigenvalue weighted by molar-refractivity contribution is 7.98. The summed E-state index contributed by atoms with van der Waals surface area (Å²) in [6.07, 6.45) is 1.99. The summed E-state index contributed by atoms with van der Waals surface area (Å²) in [6, 6.07) is 16.4. The molecule has 2 aromatic carbocycles. The van der Waals surface area contributed by atoms with Gasteiger partial charge in [0, 0.05) is 10.5 Å². The van der Waals surface area contributed by atoms with Gasteiger partial charge in [0.15, 0.2) is 5.76 Å². The number of carbonyl (C=O) groups is 2. The van der Waals surface area contributed by atoms with Crippen molar-refractivity contribution in [2.45, 2.75) is 4.90 Å². The van der Waals surface area contributed by atoms with E-state index in [9.17, 15) is 14.0 Å². The minimum absolute atomic E-state index is 0.0303. The van der Waals surface area contributed by atoms with Gasteiger partial charge in [0.2, 0.25) is 0 Å². The van der Waals surface area contributed by atoms with Crippen molar-refractivity contribution >= 4 is 23.6 Å². The third-order valence-electron chi connectivity index (χ3n) is 3.61. The number of rotatable bonds is 4. The van der Waals surface area contributed by atoms with Gasteiger partial charge >= 0.3 is 5.91 Å². The van der Waals surface area contributed by atoms with Crippen LogP contribution in [0.25, 0.3) is 11.3 Å². The van der Waals surface area contributed by atoms with Gasteiger partial charge in [-0.1, -0.05) is 24.3 Å². The van der Waals surface area contributed by atoms with Crippen molar-refractivity contribution < 1.29 is 18.4 Å². The maximum atomic E-state index is 13.5. The van der Waals surface area contributed by atoms with E-state index in [1.165, 1.54) is 24.3 Å². The molecule has 2 amide bonds. The number of thioether (sulfide) groups is 1. The van der Waals surface area contributed by atoms with Crippen molar-refractivity contribution in [2.24, 2.45) is 0 Å². The molecule has 0 aliphatic rings. The Hall–Kier alpha value is -3.06. The summed E-state index contributed by atoms with van der Waals surface area (Å²) in [6.45, 7) is 0. The van der Waals surface area contributed by atoms with E-state index in [0.29, 0.717) is 5.76 Å². The lowest BCUT2D eigenvalue weighted by Gasteiger charge is -2.06. The molecule has 0 bridgehead atoms. The maximum Gasteiger partial charge on any atom is 0.305 e. The van der Waals surface area contributed by atoms with Gasteiger partial charge in [-0.05, 0) is 42.7 Å². The van der Waals surface area contributed by atoms with Crippen LogP contribution in [0, 0.1) is 5.82 Å². The van der Waals surface area contributed by atoms with Crippen molar-refractivity contribution in [3.63, 3.8) is 0 Å². The lowest BCUT2D eigenvalue weighted by molar-refractivity contribution is 0.0829. The van der Waals surface area contributed by atoms with Crippen molar-refractivity contribution in [2.75, 3.05) is 6.26 Å². The quantitative estimate of drug-likeness (QED) is 0.540. The van der Waals surface area contributed by atoms with Crippen LogP contribution in [0.3, 0.4) is 0 Å². The Labute approximate surface area is 153 Å². The lowest BCUT2D eigenvalue weighted by atomic mass is 10.2. The number of halogens is 1. The molecule has 0 aliphatic carbocycles. The van der Waals surface area contributed by atoms with E-state index in [-0.39, 0.29) is 11.3 Å². The zero-order valence-corrected chi connectivity index (χ0v) is 14.6. The summed E-state index contributed by atoms with van der Waals surface area (Å²) in [5.74, 6) is -1.50. The van der Waals surface area contributed by atoms with Crippen LogP contribution in [-0.4, -0.2) is 18.1 Å². The second kappa shape index (κ2) is 7.88. The molecule has 5 nitrogen and oxygen atoms in total. The normalized spacial score (nSPS) is 10.4. The molecule has 26 heavy (non-hydrogen) atoms. The average Bonchev–Trinajstić information content (AvgIpc) is 3.16. The highest BCUT2D eigenvalue weighted by Gasteiger charge is 2.15. The number of nitrogens with one attached hydrogen (secondary N) is 2.